The largest absolute Gasteiger partial charge is 0.469 e. The SMILES string of the molecule is COC(=O)CC[C@@H]1N=C(c2ccccn2)c2cc(Cl)ccc2N=C1CC(C)C(O)C1CC1. The van der Waals surface area contributed by atoms with Gasteiger partial charge in [0, 0.05) is 28.9 Å². The van der Waals surface area contributed by atoms with Crippen LogP contribution >= 0.6 is 11.6 Å². The maximum absolute atomic E-state index is 11.9. The first-order valence-electron chi connectivity index (χ1n) is 11.1. The molecule has 1 saturated carbocycles. The van der Waals surface area contributed by atoms with E-state index in [0.29, 0.717) is 29.5 Å². The van der Waals surface area contributed by atoms with Crippen LogP contribution < -0.4 is 0 Å². The van der Waals surface area contributed by atoms with Gasteiger partial charge in [0.05, 0.1) is 36.3 Å². The monoisotopic (exact) mass is 453 g/mol. The lowest BCUT2D eigenvalue weighted by atomic mass is 9.91. The van der Waals surface area contributed by atoms with E-state index in [1.165, 1.54) is 7.11 Å². The Morgan fingerprint density at radius 3 is 2.78 bits per heavy atom. The lowest BCUT2D eigenvalue weighted by Crippen LogP contribution is -2.28. The number of esters is 1. The van der Waals surface area contributed by atoms with Crippen LogP contribution in [0.25, 0.3) is 0 Å². The summed E-state index contributed by atoms with van der Waals surface area (Å²) < 4.78 is 4.86. The fourth-order valence-electron chi connectivity index (χ4n) is 4.15. The van der Waals surface area contributed by atoms with Gasteiger partial charge in [0.2, 0.25) is 0 Å². The van der Waals surface area contributed by atoms with Crippen LogP contribution in [-0.4, -0.2) is 46.7 Å². The molecule has 3 atom stereocenters. The topological polar surface area (TPSA) is 84.1 Å². The molecule has 2 aliphatic rings. The summed E-state index contributed by atoms with van der Waals surface area (Å²) in [6, 6.07) is 10.9. The van der Waals surface area contributed by atoms with Crippen molar-refractivity contribution in [2.45, 2.75) is 51.2 Å². The van der Waals surface area contributed by atoms with Crippen molar-refractivity contribution in [1.29, 1.82) is 0 Å². The molecule has 6 nitrogen and oxygen atoms in total. The van der Waals surface area contributed by atoms with E-state index >= 15 is 0 Å². The number of methoxy groups -OCH3 is 1. The molecule has 1 N–H and O–H groups in total. The van der Waals surface area contributed by atoms with E-state index in [4.69, 9.17) is 26.3 Å². The Bertz CT molecular complexity index is 1030. The molecule has 0 spiro atoms. The molecule has 0 saturated heterocycles. The minimum atomic E-state index is -0.355. The molecule has 2 aromatic rings. The second-order valence-corrected chi connectivity index (χ2v) is 9.03. The molecule has 1 fully saturated rings. The fourth-order valence-corrected chi connectivity index (χ4v) is 4.33. The van der Waals surface area contributed by atoms with E-state index in [-0.39, 0.29) is 30.5 Å². The van der Waals surface area contributed by atoms with Gasteiger partial charge in [0.1, 0.15) is 0 Å². The maximum atomic E-state index is 11.9. The van der Waals surface area contributed by atoms with Crippen LogP contribution in [0.5, 0.6) is 0 Å². The molecule has 2 heterocycles. The molecule has 7 heteroatoms. The summed E-state index contributed by atoms with van der Waals surface area (Å²) in [7, 11) is 1.39. The van der Waals surface area contributed by atoms with E-state index in [1.807, 2.05) is 36.4 Å². The molecular formula is C25H28ClN3O3. The quantitative estimate of drug-likeness (QED) is 0.583. The number of carbonyl (C=O) groups is 1. The fraction of sp³-hybridized carbons (Fsp3) is 0.440. The third-order valence-corrected chi connectivity index (χ3v) is 6.36. The summed E-state index contributed by atoms with van der Waals surface area (Å²) in [5.41, 5.74) is 3.86. The first kappa shape index (κ1) is 22.6. The summed E-state index contributed by atoms with van der Waals surface area (Å²) in [5.74, 6) is 0.141. The average molecular weight is 454 g/mol. The standard InChI is InChI=1S/C25H28ClN3O3/c1-15(25(31)16-6-7-16)13-22-20(10-11-23(30)32-2)29-24(21-5-3-4-12-27-21)18-14-17(26)8-9-19(18)28-22/h3-5,8-9,12,14-16,20,25,31H,6-7,10-11,13H2,1-2H3/t15?,20-,25?/m0/s1. The highest BCUT2D eigenvalue weighted by molar-refractivity contribution is 6.31. The van der Waals surface area contributed by atoms with Crippen molar-refractivity contribution in [3.8, 4) is 0 Å². The van der Waals surface area contributed by atoms with Crippen LogP contribution in [-0.2, 0) is 9.53 Å². The highest BCUT2D eigenvalue weighted by atomic mass is 35.5. The van der Waals surface area contributed by atoms with Gasteiger partial charge in [-0.15, -0.1) is 0 Å². The second-order valence-electron chi connectivity index (χ2n) is 8.60. The number of aliphatic hydroxyl groups excluding tert-OH is 1. The molecule has 0 amide bonds. The molecule has 1 aliphatic carbocycles. The minimum Gasteiger partial charge on any atom is -0.469 e. The third-order valence-electron chi connectivity index (χ3n) is 6.12. The zero-order valence-electron chi connectivity index (χ0n) is 18.4. The van der Waals surface area contributed by atoms with Crippen molar-refractivity contribution in [3.63, 3.8) is 0 Å². The first-order valence-corrected chi connectivity index (χ1v) is 11.5. The number of nitrogens with zero attached hydrogens (tertiary/aromatic N) is 3. The Morgan fingerprint density at radius 2 is 2.09 bits per heavy atom. The van der Waals surface area contributed by atoms with Gasteiger partial charge in [-0.2, -0.15) is 0 Å². The van der Waals surface area contributed by atoms with Crippen molar-refractivity contribution in [2.24, 2.45) is 21.8 Å². The summed E-state index contributed by atoms with van der Waals surface area (Å²) in [6.07, 6.45) is 4.83. The van der Waals surface area contributed by atoms with E-state index < -0.39 is 0 Å². The zero-order valence-corrected chi connectivity index (χ0v) is 19.1. The Labute approximate surface area is 193 Å². The number of hydrogen-bond donors (Lipinski definition) is 1. The van der Waals surface area contributed by atoms with Gasteiger partial charge in [-0.25, -0.2) is 0 Å². The molecule has 0 radical (unpaired) electrons. The predicted molar refractivity (Wildman–Crippen MR) is 126 cm³/mol. The van der Waals surface area contributed by atoms with Crippen molar-refractivity contribution < 1.29 is 14.6 Å². The first-order chi connectivity index (χ1) is 15.5. The summed E-state index contributed by atoms with van der Waals surface area (Å²) >= 11 is 6.33. The normalized spacial score (nSPS) is 19.8. The number of aromatic nitrogens is 1. The van der Waals surface area contributed by atoms with Crippen LogP contribution in [0, 0.1) is 11.8 Å². The summed E-state index contributed by atoms with van der Waals surface area (Å²) in [5, 5.41) is 11.3. The highest BCUT2D eigenvalue weighted by Gasteiger charge is 2.35. The van der Waals surface area contributed by atoms with E-state index in [0.717, 1.165) is 35.5 Å². The number of rotatable bonds is 8. The number of pyridine rings is 1. The van der Waals surface area contributed by atoms with Crippen molar-refractivity contribution in [3.05, 3.63) is 58.9 Å². The van der Waals surface area contributed by atoms with E-state index in [9.17, 15) is 9.90 Å². The third kappa shape index (κ3) is 5.25. The van der Waals surface area contributed by atoms with Crippen LogP contribution in [0.4, 0.5) is 5.69 Å². The number of fused-ring (bicyclic) bond motifs is 1. The van der Waals surface area contributed by atoms with Gasteiger partial charge in [-0.05, 0) is 67.9 Å². The number of aliphatic imine (C=N–C) groups is 2. The second kappa shape index (κ2) is 9.92. The molecule has 1 aromatic heterocycles. The Morgan fingerprint density at radius 1 is 1.28 bits per heavy atom. The van der Waals surface area contributed by atoms with Gasteiger partial charge in [0.15, 0.2) is 0 Å². The minimum absolute atomic E-state index is 0.0456. The molecule has 1 aliphatic heterocycles. The molecule has 4 rings (SSSR count). The zero-order chi connectivity index (χ0) is 22.7. The van der Waals surface area contributed by atoms with Gasteiger partial charge < -0.3 is 9.84 Å². The Balaban J connectivity index is 1.76. The average Bonchev–Trinajstić information content (AvgIpc) is 3.65. The van der Waals surface area contributed by atoms with Crippen molar-refractivity contribution in [2.75, 3.05) is 7.11 Å². The molecule has 32 heavy (non-hydrogen) atoms. The Kier molecular flexibility index (Phi) is 7.01. The summed E-state index contributed by atoms with van der Waals surface area (Å²) in [6.45, 7) is 2.06. The number of ether oxygens (including phenoxy) is 1. The molecule has 0 bridgehead atoms. The van der Waals surface area contributed by atoms with Gasteiger partial charge >= 0.3 is 5.97 Å². The van der Waals surface area contributed by atoms with Gasteiger partial charge in [-0.1, -0.05) is 24.6 Å². The number of halogens is 1. The van der Waals surface area contributed by atoms with Gasteiger partial charge in [-0.3, -0.25) is 19.8 Å². The van der Waals surface area contributed by atoms with E-state index in [1.54, 1.807) is 6.20 Å². The van der Waals surface area contributed by atoms with Crippen LogP contribution in [0.1, 0.15) is 50.3 Å². The van der Waals surface area contributed by atoms with E-state index in [2.05, 4.69) is 11.9 Å². The number of benzene rings is 1. The van der Waals surface area contributed by atoms with Crippen LogP contribution in [0.3, 0.4) is 0 Å². The predicted octanol–water partition coefficient (Wildman–Crippen LogP) is 4.78. The smallest absolute Gasteiger partial charge is 0.305 e. The Hall–Kier alpha value is -2.57. The molecule has 1 aromatic carbocycles. The highest BCUT2D eigenvalue weighted by Crippen LogP contribution is 2.38. The number of aliphatic hydroxyl groups is 1. The van der Waals surface area contributed by atoms with Gasteiger partial charge in [0.25, 0.3) is 0 Å². The van der Waals surface area contributed by atoms with Crippen LogP contribution in [0.2, 0.25) is 5.02 Å². The van der Waals surface area contributed by atoms with Crippen molar-refractivity contribution >= 4 is 34.7 Å². The molecular weight excluding hydrogens is 426 g/mol. The maximum Gasteiger partial charge on any atom is 0.305 e. The van der Waals surface area contributed by atoms with Crippen molar-refractivity contribution in [1.82, 2.24) is 4.98 Å². The molecule has 2 unspecified atom stereocenters. The van der Waals surface area contributed by atoms with Crippen LogP contribution in [0.15, 0.2) is 52.6 Å². The summed E-state index contributed by atoms with van der Waals surface area (Å²) in [4.78, 5) is 26.5. The lowest BCUT2D eigenvalue weighted by Gasteiger charge is -2.22. The number of carbonyl (C=O) groups excluding carboxylic acids is 1. The number of hydrogen-bond acceptors (Lipinski definition) is 6. The lowest BCUT2D eigenvalue weighted by molar-refractivity contribution is -0.140. The molecule has 168 valence electrons.